The predicted molar refractivity (Wildman–Crippen MR) is 113 cm³/mol. The molecule has 154 valence electrons. The summed E-state index contributed by atoms with van der Waals surface area (Å²) in [6.07, 6.45) is 10.0. The molecule has 28 heavy (non-hydrogen) atoms. The van der Waals surface area contributed by atoms with Crippen molar-refractivity contribution in [3.63, 3.8) is 0 Å². The molecule has 0 radical (unpaired) electrons. The highest BCUT2D eigenvalue weighted by atomic mass is 32.1. The fourth-order valence-corrected chi connectivity index (χ4v) is 5.95. The number of carbonyl (C=O) groups is 2. The minimum Gasteiger partial charge on any atom is -0.355 e. The third kappa shape index (κ3) is 4.77. The predicted octanol–water partition coefficient (Wildman–Crippen LogP) is 3.08. The number of hydrogen-bond donors (Lipinski definition) is 1. The zero-order valence-electron chi connectivity index (χ0n) is 16.9. The molecule has 5 nitrogen and oxygen atoms in total. The quantitative estimate of drug-likeness (QED) is 0.822. The molecule has 0 saturated carbocycles. The molecule has 3 heterocycles. The van der Waals surface area contributed by atoms with E-state index in [9.17, 15) is 9.59 Å². The van der Waals surface area contributed by atoms with Crippen molar-refractivity contribution in [2.75, 3.05) is 39.3 Å². The number of piperidine rings is 2. The summed E-state index contributed by atoms with van der Waals surface area (Å²) < 4.78 is 0. The van der Waals surface area contributed by atoms with E-state index in [4.69, 9.17) is 0 Å². The standard InChI is InChI=1S/C22H33N3O2S/c26-21(23-9-14-24-10-3-1-4-11-24)17-7-8-19-18(15-17)16-20(28-19)22(27)25-12-5-2-6-13-25/h16-17H,1-15H2,(H,23,26)/t17-/m1/s1. The number of nitrogens with zero attached hydrogens (tertiary/aromatic N) is 2. The minimum atomic E-state index is 0.0568. The number of amides is 2. The van der Waals surface area contributed by atoms with E-state index >= 15 is 0 Å². The van der Waals surface area contributed by atoms with Crippen LogP contribution in [0.25, 0.3) is 0 Å². The summed E-state index contributed by atoms with van der Waals surface area (Å²) in [4.78, 5) is 32.1. The van der Waals surface area contributed by atoms with E-state index in [0.29, 0.717) is 0 Å². The molecule has 0 bridgehead atoms. The van der Waals surface area contributed by atoms with Crippen LogP contribution in [0.15, 0.2) is 6.07 Å². The Morgan fingerprint density at radius 1 is 1.04 bits per heavy atom. The lowest BCUT2D eigenvalue weighted by atomic mass is 9.87. The highest BCUT2D eigenvalue weighted by Crippen LogP contribution is 2.33. The second-order valence-corrected chi connectivity index (χ2v) is 9.68. The van der Waals surface area contributed by atoms with E-state index in [1.807, 2.05) is 4.90 Å². The average molecular weight is 404 g/mol. The first-order valence-electron chi connectivity index (χ1n) is 11.1. The van der Waals surface area contributed by atoms with Gasteiger partial charge < -0.3 is 15.1 Å². The molecule has 0 spiro atoms. The van der Waals surface area contributed by atoms with Crippen molar-refractivity contribution in [1.29, 1.82) is 0 Å². The van der Waals surface area contributed by atoms with Crippen molar-refractivity contribution in [3.05, 3.63) is 21.4 Å². The van der Waals surface area contributed by atoms with E-state index in [0.717, 1.165) is 63.2 Å². The zero-order chi connectivity index (χ0) is 19.3. The maximum atomic E-state index is 12.8. The van der Waals surface area contributed by atoms with E-state index in [1.165, 1.54) is 49.2 Å². The lowest BCUT2D eigenvalue weighted by Crippen LogP contribution is -2.40. The zero-order valence-corrected chi connectivity index (χ0v) is 17.7. The molecule has 1 aromatic rings. The summed E-state index contributed by atoms with van der Waals surface area (Å²) >= 11 is 1.66. The monoisotopic (exact) mass is 403 g/mol. The molecular formula is C22H33N3O2S. The largest absolute Gasteiger partial charge is 0.355 e. The minimum absolute atomic E-state index is 0.0568. The number of carbonyl (C=O) groups excluding carboxylic acids is 2. The van der Waals surface area contributed by atoms with E-state index in [2.05, 4.69) is 16.3 Å². The molecule has 3 aliphatic rings. The molecular weight excluding hydrogens is 370 g/mol. The van der Waals surface area contributed by atoms with Gasteiger partial charge in [-0.2, -0.15) is 0 Å². The third-order valence-electron chi connectivity index (χ3n) is 6.48. The fraction of sp³-hybridized carbons (Fsp3) is 0.727. The number of rotatable bonds is 5. The lowest BCUT2D eigenvalue weighted by molar-refractivity contribution is -0.125. The van der Waals surface area contributed by atoms with Crippen molar-refractivity contribution >= 4 is 23.2 Å². The molecule has 6 heteroatoms. The van der Waals surface area contributed by atoms with Crippen molar-refractivity contribution in [2.24, 2.45) is 5.92 Å². The van der Waals surface area contributed by atoms with Gasteiger partial charge in [0.1, 0.15) is 0 Å². The lowest BCUT2D eigenvalue weighted by Gasteiger charge is -2.27. The van der Waals surface area contributed by atoms with Gasteiger partial charge >= 0.3 is 0 Å². The first-order valence-corrected chi connectivity index (χ1v) is 11.9. The van der Waals surface area contributed by atoms with Crippen molar-refractivity contribution in [3.8, 4) is 0 Å². The number of fused-ring (bicyclic) bond motifs is 1. The van der Waals surface area contributed by atoms with Crippen LogP contribution in [0.5, 0.6) is 0 Å². The van der Waals surface area contributed by atoms with Gasteiger partial charge in [-0.15, -0.1) is 11.3 Å². The maximum Gasteiger partial charge on any atom is 0.263 e. The van der Waals surface area contributed by atoms with E-state index in [1.54, 1.807) is 11.3 Å². The SMILES string of the molecule is O=C(NCCN1CCCCC1)[C@@H]1CCc2sc(C(=O)N3CCCCC3)cc2C1. The molecule has 1 atom stereocenters. The van der Waals surface area contributed by atoms with Gasteiger partial charge in [0.25, 0.3) is 5.91 Å². The summed E-state index contributed by atoms with van der Waals surface area (Å²) in [6, 6.07) is 2.07. The average Bonchev–Trinajstić information content (AvgIpc) is 3.18. The van der Waals surface area contributed by atoms with Crippen LogP contribution >= 0.6 is 11.3 Å². The number of aryl methyl sites for hydroxylation is 1. The van der Waals surface area contributed by atoms with Crippen LogP contribution in [-0.4, -0.2) is 60.9 Å². The molecule has 2 fully saturated rings. The second-order valence-electron chi connectivity index (χ2n) is 8.54. The second kappa shape index (κ2) is 9.40. The molecule has 2 amide bonds. The van der Waals surface area contributed by atoms with Gasteiger partial charge in [-0.05, 0) is 76.1 Å². The number of nitrogens with one attached hydrogen (secondary N) is 1. The van der Waals surface area contributed by atoms with Gasteiger partial charge in [0.15, 0.2) is 0 Å². The van der Waals surface area contributed by atoms with Crippen LogP contribution in [0.1, 0.15) is 65.1 Å². The van der Waals surface area contributed by atoms with Crippen LogP contribution < -0.4 is 5.32 Å². The Balaban J connectivity index is 1.28. The van der Waals surface area contributed by atoms with E-state index in [-0.39, 0.29) is 17.7 Å². The summed E-state index contributed by atoms with van der Waals surface area (Å²) in [7, 11) is 0. The number of likely N-dealkylation sites (tertiary alicyclic amines) is 2. The van der Waals surface area contributed by atoms with Gasteiger partial charge in [-0.1, -0.05) is 6.42 Å². The van der Waals surface area contributed by atoms with Crippen molar-refractivity contribution in [1.82, 2.24) is 15.1 Å². The molecule has 2 saturated heterocycles. The topological polar surface area (TPSA) is 52.7 Å². The van der Waals surface area contributed by atoms with Crippen molar-refractivity contribution in [2.45, 2.75) is 57.8 Å². The Kier molecular flexibility index (Phi) is 6.68. The highest BCUT2D eigenvalue weighted by Gasteiger charge is 2.28. The van der Waals surface area contributed by atoms with Crippen molar-refractivity contribution < 1.29 is 9.59 Å². The van der Waals surface area contributed by atoms with Gasteiger partial charge in [-0.25, -0.2) is 0 Å². The van der Waals surface area contributed by atoms with Crippen LogP contribution in [-0.2, 0) is 17.6 Å². The summed E-state index contributed by atoms with van der Waals surface area (Å²) in [5.74, 6) is 0.445. The molecule has 4 rings (SSSR count). The highest BCUT2D eigenvalue weighted by molar-refractivity contribution is 7.14. The Hall–Kier alpha value is -1.40. The van der Waals surface area contributed by atoms with Gasteiger partial charge in [0.05, 0.1) is 4.88 Å². The maximum absolute atomic E-state index is 12.8. The molecule has 2 aliphatic heterocycles. The molecule has 0 unspecified atom stereocenters. The first kappa shape index (κ1) is 19.9. The fourth-order valence-electron chi connectivity index (χ4n) is 4.77. The van der Waals surface area contributed by atoms with Gasteiger partial charge in [-0.3, -0.25) is 9.59 Å². The summed E-state index contributed by atoms with van der Waals surface area (Å²) in [5, 5.41) is 3.16. The molecule has 1 N–H and O–H groups in total. The Morgan fingerprint density at radius 3 is 2.50 bits per heavy atom. The number of thiophene rings is 1. The Labute approximate surface area is 172 Å². The summed E-state index contributed by atoms with van der Waals surface area (Å²) in [5.41, 5.74) is 1.23. The van der Waals surface area contributed by atoms with E-state index < -0.39 is 0 Å². The van der Waals surface area contributed by atoms with Crippen LogP contribution in [0.3, 0.4) is 0 Å². The third-order valence-corrected chi connectivity index (χ3v) is 7.71. The molecule has 0 aromatic carbocycles. The Bertz CT molecular complexity index is 690. The van der Waals surface area contributed by atoms with Gasteiger partial charge in [0.2, 0.25) is 5.91 Å². The molecule has 1 aromatic heterocycles. The smallest absolute Gasteiger partial charge is 0.263 e. The van der Waals surface area contributed by atoms with Crippen LogP contribution in [0.4, 0.5) is 0 Å². The van der Waals surface area contributed by atoms with Crippen LogP contribution in [0.2, 0.25) is 0 Å². The molecule has 1 aliphatic carbocycles. The van der Waals surface area contributed by atoms with Gasteiger partial charge in [0, 0.05) is 37.0 Å². The first-order chi connectivity index (χ1) is 13.7. The van der Waals surface area contributed by atoms with Crippen LogP contribution in [0, 0.1) is 5.92 Å². The number of hydrogen-bond acceptors (Lipinski definition) is 4. The summed E-state index contributed by atoms with van der Waals surface area (Å²) in [6.45, 7) is 5.85. The Morgan fingerprint density at radius 2 is 1.75 bits per heavy atom. The normalized spacial score (nSPS) is 23.3.